The molecule has 0 aliphatic carbocycles. The summed E-state index contributed by atoms with van der Waals surface area (Å²) in [5.41, 5.74) is 0. The van der Waals surface area contributed by atoms with Crippen LogP contribution >= 0.6 is 0 Å². The topological polar surface area (TPSA) is 147 Å². The standard InChI is InChI=1S/C14H20N4O4/c1-9(7-15)3-5-11(13(19)20)17-18-12(14(21)22)6-4-10(2)8-16/h9-12H,3-6H2,1-2H3,(H,19,20)(H,21,22). The second-order valence-corrected chi connectivity index (χ2v) is 5.15. The molecule has 0 spiro atoms. The molecule has 0 amide bonds. The average molecular weight is 308 g/mol. The largest absolute Gasteiger partial charge is 0.480 e. The zero-order valence-corrected chi connectivity index (χ0v) is 12.6. The van der Waals surface area contributed by atoms with Crippen LogP contribution in [0.15, 0.2) is 10.2 Å². The molecule has 2 N–H and O–H groups in total. The van der Waals surface area contributed by atoms with Gasteiger partial charge in [0.1, 0.15) is 0 Å². The van der Waals surface area contributed by atoms with Gasteiger partial charge in [0.15, 0.2) is 12.1 Å². The molecule has 8 heteroatoms. The minimum atomic E-state index is -1.21. The van der Waals surface area contributed by atoms with Gasteiger partial charge in [-0.25, -0.2) is 9.59 Å². The molecule has 4 atom stereocenters. The van der Waals surface area contributed by atoms with Crippen LogP contribution in [0, 0.1) is 34.5 Å². The van der Waals surface area contributed by atoms with Crippen LogP contribution in [0.25, 0.3) is 0 Å². The Hall–Kier alpha value is -2.48. The van der Waals surface area contributed by atoms with Gasteiger partial charge in [0, 0.05) is 11.8 Å². The van der Waals surface area contributed by atoms with E-state index in [0.717, 1.165) is 0 Å². The summed E-state index contributed by atoms with van der Waals surface area (Å²) in [6, 6.07) is 1.66. The summed E-state index contributed by atoms with van der Waals surface area (Å²) in [6.45, 7) is 3.33. The van der Waals surface area contributed by atoms with Crippen LogP contribution in [-0.2, 0) is 9.59 Å². The molecule has 4 unspecified atom stereocenters. The number of carboxylic acids is 2. The number of rotatable bonds is 10. The molecule has 0 heterocycles. The highest BCUT2D eigenvalue weighted by molar-refractivity contribution is 5.74. The van der Waals surface area contributed by atoms with Gasteiger partial charge in [0.25, 0.3) is 0 Å². The van der Waals surface area contributed by atoms with Crippen molar-refractivity contribution in [3.63, 3.8) is 0 Å². The van der Waals surface area contributed by atoms with Crippen LogP contribution < -0.4 is 0 Å². The predicted molar refractivity (Wildman–Crippen MR) is 75.7 cm³/mol. The predicted octanol–water partition coefficient (Wildman–Crippen LogP) is 2.22. The second-order valence-electron chi connectivity index (χ2n) is 5.15. The second kappa shape index (κ2) is 10.3. The molecular weight excluding hydrogens is 288 g/mol. The lowest BCUT2D eigenvalue weighted by Crippen LogP contribution is -2.22. The fourth-order valence-electron chi connectivity index (χ4n) is 1.57. The van der Waals surface area contributed by atoms with E-state index in [0.29, 0.717) is 12.8 Å². The Kier molecular flexibility index (Phi) is 9.12. The van der Waals surface area contributed by atoms with E-state index in [1.807, 2.05) is 12.1 Å². The van der Waals surface area contributed by atoms with Crippen molar-refractivity contribution in [2.75, 3.05) is 0 Å². The molecule has 0 saturated heterocycles. The van der Waals surface area contributed by atoms with Gasteiger partial charge in [-0.3, -0.25) is 0 Å². The lowest BCUT2D eigenvalue weighted by Gasteiger charge is -2.10. The molecule has 0 aliphatic rings. The van der Waals surface area contributed by atoms with Gasteiger partial charge in [-0.2, -0.15) is 20.8 Å². The minimum Gasteiger partial charge on any atom is -0.480 e. The van der Waals surface area contributed by atoms with Crippen LogP contribution in [-0.4, -0.2) is 34.2 Å². The molecule has 0 rings (SSSR count). The molecular formula is C14H20N4O4. The summed E-state index contributed by atoms with van der Waals surface area (Å²) < 4.78 is 0. The Morgan fingerprint density at radius 2 is 1.18 bits per heavy atom. The molecule has 120 valence electrons. The quantitative estimate of drug-likeness (QED) is 0.591. The Morgan fingerprint density at radius 1 is 0.864 bits per heavy atom. The Balaban J connectivity index is 4.72. The van der Waals surface area contributed by atoms with Crippen molar-refractivity contribution < 1.29 is 19.8 Å². The third kappa shape index (κ3) is 7.95. The van der Waals surface area contributed by atoms with Crippen molar-refractivity contribution in [3.8, 4) is 12.1 Å². The van der Waals surface area contributed by atoms with Crippen molar-refractivity contribution in [1.82, 2.24) is 0 Å². The zero-order chi connectivity index (χ0) is 17.1. The van der Waals surface area contributed by atoms with Crippen molar-refractivity contribution in [2.45, 2.75) is 51.6 Å². The van der Waals surface area contributed by atoms with Gasteiger partial charge in [-0.15, -0.1) is 0 Å². The first-order valence-electron chi connectivity index (χ1n) is 6.96. The molecule has 0 radical (unpaired) electrons. The van der Waals surface area contributed by atoms with E-state index >= 15 is 0 Å². The van der Waals surface area contributed by atoms with Crippen molar-refractivity contribution in [1.29, 1.82) is 10.5 Å². The first kappa shape index (κ1) is 19.5. The minimum absolute atomic E-state index is 0.120. The van der Waals surface area contributed by atoms with Gasteiger partial charge in [-0.05, 0) is 39.5 Å². The van der Waals surface area contributed by atoms with Crippen LogP contribution in [0.4, 0.5) is 0 Å². The SMILES string of the molecule is CC(C#N)CCC(N=NC(CCC(C)C#N)C(=O)O)C(=O)O. The van der Waals surface area contributed by atoms with Gasteiger partial charge in [0.2, 0.25) is 0 Å². The summed E-state index contributed by atoms with van der Waals surface area (Å²) in [6.07, 6.45) is 0.925. The van der Waals surface area contributed by atoms with Crippen molar-refractivity contribution in [3.05, 3.63) is 0 Å². The maximum Gasteiger partial charge on any atom is 0.330 e. The summed E-state index contributed by atoms with van der Waals surface area (Å²) in [5.74, 6) is -3.01. The lowest BCUT2D eigenvalue weighted by atomic mass is 10.0. The first-order chi connectivity index (χ1) is 10.3. The first-order valence-corrected chi connectivity index (χ1v) is 6.96. The summed E-state index contributed by atoms with van der Waals surface area (Å²) in [7, 11) is 0. The van der Waals surface area contributed by atoms with E-state index in [1.165, 1.54) is 0 Å². The molecule has 8 nitrogen and oxygen atoms in total. The normalized spacial score (nSPS) is 16.2. The maximum absolute atomic E-state index is 11.1. The maximum atomic E-state index is 11.1. The molecule has 22 heavy (non-hydrogen) atoms. The smallest absolute Gasteiger partial charge is 0.330 e. The molecule has 0 saturated carbocycles. The number of nitrogens with zero attached hydrogens (tertiary/aromatic N) is 4. The summed E-state index contributed by atoms with van der Waals surface area (Å²) >= 11 is 0. The fourth-order valence-corrected chi connectivity index (χ4v) is 1.57. The number of hydrogen-bond donors (Lipinski definition) is 2. The highest BCUT2D eigenvalue weighted by atomic mass is 16.4. The molecule has 0 aliphatic heterocycles. The van der Waals surface area contributed by atoms with Crippen LogP contribution in [0.2, 0.25) is 0 Å². The van der Waals surface area contributed by atoms with E-state index in [2.05, 4.69) is 10.2 Å². The summed E-state index contributed by atoms with van der Waals surface area (Å²) in [5, 5.41) is 42.6. The molecule has 0 aromatic heterocycles. The average Bonchev–Trinajstić information content (AvgIpc) is 2.48. The van der Waals surface area contributed by atoms with Crippen molar-refractivity contribution >= 4 is 11.9 Å². The number of hydrogen-bond acceptors (Lipinski definition) is 6. The monoisotopic (exact) mass is 308 g/mol. The van der Waals surface area contributed by atoms with Gasteiger partial charge in [-0.1, -0.05) is 0 Å². The van der Waals surface area contributed by atoms with E-state index < -0.39 is 24.0 Å². The number of nitriles is 2. The van der Waals surface area contributed by atoms with Crippen molar-refractivity contribution in [2.24, 2.45) is 22.1 Å². The van der Waals surface area contributed by atoms with Crippen LogP contribution in [0.5, 0.6) is 0 Å². The molecule has 0 aromatic carbocycles. The fraction of sp³-hybridized carbons (Fsp3) is 0.714. The van der Waals surface area contributed by atoms with Gasteiger partial charge < -0.3 is 10.2 Å². The number of carboxylic acid groups (broad SMARTS) is 2. The number of carbonyl (C=O) groups is 2. The Morgan fingerprint density at radius 3 is 1.41 bits per heavy atom. The zero-order valence-electron chi connectivity index (χ0n) is 12.6. The highest BCUT2D eigenvalue weighted by Crippen LogP contribution is 2.14. The van der Waals surface area contributed by atoms with Gasteiger partial charge >= 0.3 is 11.9 Å². The third-order valence-electron chi connectivity index (χ3n) is 3.10. The number of azo groups is 1. The Bertz CT molecular complexity index is 448. The lowest BCUT2D eigenvalue weighted by molar-refractivity contribution is -0.140. The molecule has 0 aromatic rings. The van der Waals surface area contributed by atoms with Crippen LogP contribution in [0.1, 0.15) is 39.5 Å². The summed E-state index contributed by atoms with van der Waals surface area (Å²) in [4.78, 5) is 22.1. The molecule has 0 bridgehead atoms. The van der Waals surface area contributed by atoms with E-state index in [9.17, 15) is 9.59 Å². The highest BCUT2D eigenvalue weighted by Gasteiger charge is 2.21. The number of aliphatic carboxylic acids is 2. The Labute approximate surface area is 129 Å². The van der Waals surface area contributed by atoms with Crippen LogP contribution in [0.3, 0.4) is 0 Å². The molecule has 0 fully saturated rings. The van der Waals surface area contributed by atoms with E-state index in [4.69, 9.17) is 20.7 Å². The van der Waals surface area contributed by atoms with Gasteiger partial charge in [0.05, 0.1) is 12.1 Å². The van der Waals surface area contributed by atoms with E-state index in [1.54, 1.807) is 13.8 Å². The third-order valence-corrected chi connectivity index (χ3v) is 3.10. The van der Waals surface area contributed by atoms with E-state index in [-0.39, 0.29) is 24.7 Å².